The zero-order valence-electron chi connectivity index (χ0n) is 10.6. The molecule has 0 radical (unpaired) electrons. The SMILES string of the molecule is Cc1cc(N(C)c2ccccc2C)ccc1N. The van der Waals surface area contributed by atoms with Crippen LogP contribution in [0, 0.1) is 13.8 Å². The molecule has 2 aromatic rings. The van der Waals surface area contributed by atoms with E-state index in [1.807, 2.05) is 13.0 Å². The maximum atomic E-state index is 5.84. The van der Waals surface area contributed by atoms with Gasteiger partial charge in [0.15, 0.2) is 0 Å². The van der Waals surface area contributed by atoms with Crippen molar-refractivity contribution in [1.82, 2.24) is 0 Å². The number of anilines is 3. The lowest BCUT2D eigenvalue weighted by Gasteiger charge is -2.22. The van der Waals surface area contributed by atoms with Crippen LogP contribution in [0.3, 0.4) is 0 Å². The number of benzene rings is 2. The molecule has 0 aliphatic carbocycles. The standard InChI is InChI=1S/C15H18N2/c1-11-6-4-5-7-15(11)17(3)13-8-9-14(16)12(2)10-13/h4-10H,16H2,1-3H3. The highest BCUT2D eigenvalue weighted by molar-refractivity contribution is 5.68. The second kappa shape index (κ2) is 4.50. The molecule has 2 aromatic carbocycles. The predicted octanol–water partition coefficient (Wildman–Crippen LogP) is 3.65. The first kappa shape index (κ1) is 11.5. The van der Waals surface area contributed by atoms with Gasteiger partial charge in [-0.1, -0.05) is 18.2 Å². The summed E-state index contributed by atoms with van der Waals surface area (Å²) in [5.41, 5.74) is 11.4. The summed E-state index contributed by atoms with van der Waals surface area (Å²) < 4.78 is 0. The first-order chi connectivity index (χ1) is 8.09. The van der Waals surface area contributed by atoms with Gasteiger partial charge in [-0.3, -0.25) is 0 Å². The molecular formula is C15H18N2. The van der Waals surface area contributed by atoms with E-state index in [1.165, 1.54) is 11.3 Å². The molecule has 2 heteroatoms. The predicted molar refractivity (Wildman–Crippen MR) is 74.8 cm³/mol. The molecule has 88 valence electrons. The van der Waals surface area contributed by atoms with Gasteiger partial charge in [0.25, 0.3) is 0 Å². The van der Waals surface area contributed by atoms with E-state index in [1.54, 1.807) is 0 Å². The first-order valence-corrected chi connectivity index (χ1v) is 5.75. The van der Waals surface area contributed by atoms with Crippen molar-refractivity contribution in [2.24, 2.45) is 0 Å². The maximum Gasteiger partial charge on any atom is 0.0437 e. The minimum atomic E-state index is 0.840. The Morgan fingerprint density at radius 2 is 1.65 bits per heavy atom. The summed E-state index contributed by atoms with van der Waals surface area (Å²) >= 11 is 0. The molecule has 0 aromatic heterocycles. The van der Waals surface area contributed by atoms with Crippen LogP contribution in [0.4, 0.5) is 17.1 Å². The fraction of sp³-hybridized carbons (Fsp3) is 0.200. The van der Waals surface area contributed by atoms with Gasteiger partial charge >= 0.3 is 0 Å². The average molecular weight is 226 g/mol. The van der Waals surface area contributed by atoms with Crippen LogP contribution in [0.2, 0.25) is 0 Å². The Morgan fingerprint density at radius 1 is 0.941 bits per heavy atom. The number of hydrogen-bond donors (Lipinski definition) is 1. The molecule has 17 heavy (non-hydrogen) atoms. The normalized spacial score (nSPS) is 10.3. The van der Waals surface area contributed by atoms with Gasteiger partial charge in [-0.2, -0.15) is 0 Å². The topological polar surface area (TPSA) is 29.3 Å². The number of nitrogens with two attached hydrogens (primary N) is 1. The van der Waals surface area contributed by atoms with Crippen molar-refractivity contribution in [2.45, 2.75) is 13.8 Å². The highest BCUT2D eigenvalue weighted by Crippen LogP contribution is 2.28. The summed E-state index contributed by atoms with van der Waals surface area (Å²) in [6.45, 7) is 4.15. The number of para-hydroxylation sites is 1. The fourth-order valence-corrected chi connectivity index (χ4v) is 1.95. The molecule has 2 N–H and O–H groups in total. The second-order valence-electron chi connectivity index (χ2n) is 4.39. The van der Waals surface area contributed by atoms with Crippen molar-refractivity contribution in [3.8, 4) is 0 Å². The molecule has 0 unspecified atom stereocenters. The van der Waals surface area contributed by atoms with Crippen molar-refractivity contribution in [3.05, 3.63) is 53.6 Å². The summed E-state index contributed by atoms with van der Waals surface area (Å²) in [5.74, 6) is 0. The highest BCUT2D eigenvalue weighted by atomic mass is 15.1. The van der Waals surface area contributed by atoms with E-state index in [0.717, 1.165) is 16.9 Å². The van der Waals surface area contributed by atoms with Crippen molar-refractivity contribution in [3.63, 3.8) is 0 Å². The Balaban J connectivity index is 2.40. The van der Waals surface area contributed by atoms with Crippen LogP contribution in [-0.2, 0) is 0 Å². The lowest BCUT2D eigenvalue weighted by molar-refractivity contribution is 1.18. The van der Waals surface area contributed by atoms with Crippen LogP contribution in [0.5, 0.6) is 0 Å². The van der Waals surface area contributed by atoms with Gasteiger partial charge in [0, 0.05) is 24.1 Å². The third kappa shape index (κ3) is 2.26. The smallest absolute Gasteiger partial charge is 0.0437 e. The van der Waals surface area contributed by atoms with Gasteiger partial charge in [-0.25, -0.2) is 0 Å². The Bertz CT molecular complexity index is 532. The average Bonchev–Trinajstić information content (AvgIpc) is 2.32. The van der Waals surface area contributed by atoms with Crippen LogP contribution in [0.25, 0.3) is 0 Å². The summed E-state index contributed by atoms with van der Waals surface area (Å²) in [4.78, 5) is 2.18. The van der Waals surface area contributed by atoms with Crippen LogP contribution in [-0.4, -0.2) is 7.05 Å². The summed E-state index contributed by atoms with van der Waals surface area (Å²) in [5, 5.41) is 0. The molecule has 2 rings (SSSR count). The van der Waals surface area contributed by atoms with Crippen LogP contribution >= 0.6 is 0 Å². The molecule has 0 aliphatic heterocycles. The van der Waals surface area contributed by atoms with E-state index < -0.39 is 0 Å². The molecule has 2 nitrogen and oxygen atoms in total. The Labute approximate surface area is 103 Å². The molecule has 0 bridgehead atoms. The molecular weight excluding hydrogens is 208 g/mol. The zero-order valence-corrected chi connectivity index (χ0v) is 10.6. The molecule has 0 fully saturated rings. The van der Waals surface area contributed by atoms with Crippen LogP contribution < -0.4 is 10.6 Å². The van der Waals surface area contributed by atoms with Gasteiger partial charge in [-0.05, 0) is 49.2 Å². The summed E-state index contributed by atoms with van der Waals surface area (Å²) in [6, 6.07) is 14.5. The van der Waals surface area contributed by atoms with Gasteiger partial charge in [0.1, 0.15) is 0 Å². The number of nitrogen functional groups attached to an aromatic ring is 1. The fourth-order valence-electron chi connectivity index (χ4n) is 1.95. The van der Waals surface area contributed by atoms with E-state index in [-0.39, 0.29) is 0 Å². The van der Waals surface area contributed by atoms with Crippen molar-refractivity contribution in [2.75, 3.05) is 17.7 Å². The van der Waals surface area contributed by atoms with Gasteiger partial charge in [0.05, 0.1) is 0 Å². The van der Waals surface area contributed by atoms with Crippen LogP contribution in [0.1, 0.15) is 11.1 Å². The molecule has 0 amide bonds. The Kier molecular flexibility index (Phi) is 3.05. The Morgan fingerprint density at radius 3 is 2.29 bits per heavy atom. The van der Waals surface area contributed by atoms with Gasteiger partial charge in [0.2, 0.25) is 0 Å². The van der Waals surface area contributed by atoms with E-state index in [4.69, 9.17) is 5.73 Å². The molecule has 0 aliphatic rings. The van der Waals surface area contributed by atoms with E-state index >= 15 is 0 Å². The number of rotatable bonds is 2. The minimum absolute atomic E-state index is 0.840. The molecule has 0 heterocycles. The van der Waals surface area contributed by atoms with E-state index in [2.05, 4.69) is 55.3 Å². The summed E-state index contributed by atoms with van der Waals surface area (Å²) in [7, 11) is 2.08. The molecule has 0 spiro atoms. The lowest BCUT2D eigenvalue weighted by Crippen LogP contribution is -2.11. The van der Waals surface area contributed by atoms with Crippen molar-refractivity contribution < 1.29 is 0 Å². The van der Waals surface area contributed by atoms with E-state index in [9.17, 15) is 0 Å². The maximum absolute atomic E-state index is 5.84. The van der Waals surface area contributed by atoms with Gasteiger partial charge in [-0.15, -0.1) is 0 Å². The largest absolute Gasteiger partial charge is 0.399 e. The Hall–Kier alpha value is -1.96. The number of nitrogens with zero attached hydrogens (tertiary/aromatic N) is 1. The molecule has 0 atom stereocenters. The number of hydrogen-bond acceptors (Lipinski definition) is 2. The first-order valence-electron chi connectivity index (χ1n) is 5.75. The van der Waals surface area contributed by atoms with Gasteiger partial charge < -0.3 is 10.6 Å². The minimum Gasteiger partial charge on any atom is -0.399 e. The molecule has 0 saturated heterocycles. The van der Waals surface area contributed by atoms with Crippen molar-refractivity contribution in [1.29, 1.82) is 0 Å². The highest BCUT2D eigenvalue weighted by Gasteiger charge is 2.06. The lowest BCUT2D eigenvalue weighted by atomic mass is 10.1. The quantitative estimate of drug-likeness (QED) is 0.792. The zero-order chi connectivity index (χ0) is 12.4. The van der Waals surface area contributed by atoms with E-state index in [0.29, 0.717) is 0 Å². The summed E-state index contributed by atoms with van der Waals surface area (Å²) in [6.07, 6.45) is 0. The molecule has 0 saturated carbocycles. The third-order valence-corrected chi connectivity index (χ3v) is 3.12. The van der Waals surface area contributed by atoms with Crippen LogP contribution in [0.15, 0.2) is 42.5 Å². The second-order valence-corrected chi connectivity index (χ2v) is 4.39. The monoisotopic (exact) mass is 226 g/mol. The number of aryl methyl sites for hydroxylation is 2. The third-order valence-electron chi connectivity index (χ3n) is 3.12. The van der Waals surface area contributed by atoms with Crippen molar-refractivity contribution >= 4 is 17.1 Å².